The third-order valence-corrected chi connectivity index (χ3v) is 14.0. The molecule has 0 radical (unpaired) electrons. The second-order valence-corrected chi connectivity index (χ2v) is 16.4. The molecule has 2 heterocycles. The molecular formula is C25H49N3O4Si. The Bertz CT molecular complexity index is 697. The Morgan fingerprint density at radius 1 is 0.970 bits per heavy atom. The van der Waals surface area contributed by atoms with Crippen molar-refractivity contribution in [2.24, 2.45) is 34.7 Å². The van der Waals surface area contributed by atoms with E-state index in [0.717, 1.165) is 6.42 Å². The van der Waals surface area contributed by atoms with Crippen LogP contribution < -0.4 is 0 Å². The number of hydrogen-bond acceptors (Lipinski definition) is 5. The van der Waals surface area contributed by atoms with Gasteiger partial charge in [-0.25, -0.2) is 0 Å². The van der Waals surface area contributed by atoms with Gasteiger partial charge in [-0.1, -0.05) is 67.4 Å². The van der Waals surface area contributed by atoms with Crippen LogP contribution in [-0.2, 0) is 18.6 Å². The first-order valence-electron chi connectivity index (χ1n) is 12.9. The molecular weight excluding hydrogens is 434 g/mol. The lowest BCUT2D eigenvalue weighted by molar-refractivity contribution is -0.306. The molecule has 2 aliphatic heterocycles. The van der Waals surface area contributed by atoms with Gasteiger partial charge < -0.3 is 18.6 Å². The van der Waals surface area contributed by atoms with Gasteiger partial charge in [-0.05, 0) is 60.7 Å². The van der Waals surface area contributed by atoms with Crippen molar-refractivity contribution in [3.63, 3.8) is 0 Å². The topological polar surface area (TPSA) is 85.7 Å². The third kappa shape index (κ3) is 5.79. The van der Waals surface area contributed by atoms with Crippen LogP contribution in [0.5, 0.6) is 0 Å². The smallest absolute Gasteiger partial charge is 0.196 e. The minimum absolute atomic E-state index is 0.0317. The van der Waals surface area contributed by atoms with E-state index in [1.807, 2.05) is 0 Å². The summed E-state index contributed by atoms with van der Waals surface area (Å²) in [6, 6.07) is -0.454. The second-order valence-electron chi connectivity index (χ2n) is 11.9. The number of rotatable bonds is 8. The maximum Gasteiger partial charge on any atom is 0.196 e. The first kappa shape index (κ1) is 28.6. The van der Waals surface area contributed by atoms with Crippen LogP contribution in [0, 0.1) is 29.6 Å². The summed E-state index contributed by atoms with van der Waals surface area (Å²) in [5.41, 5.74) is 9.36. The number of nitrogens with zero attached hydrogens (tertiary/aromatic N) is 3. The molecule has 8 heteroatoms. The van der Waals surface area contributed by atoms with Gasteiger partial charge in [-0.3, -0.25) is 0 Å². The Morgan fingerprint density at radius 2 is 1.58 bits per heavy atom. The molecule has 0 aromatic heterocycles. The highest BCUT2D eigenvalue weighted by Gasteiger charge is 2.51. The third-order valence-electron chi connectivity index (χ3n) is 9.47. The van der Waals surface area contributed by atoms with Crippen molar-refractivity contribution in [2.45, 2.75) is 131 Å². The van der Waals surface area contributed by atoms with E-state index in [1.54, 1.807) is 0 Å². The molecule has 0 amide bonds. The van der Waals surface area contributed by atoms with Crippen molar-refractivity contribution in [1.82, 2.24) is 0 Å². The zero-order valence-electron chi connectivity index (χ0n) is 23.0. The van der Waals surface area contributed by atoms with Gasteiger partial charge >= 0.3 is 0 Å². The predicted octanol–water partition coefficient (Wildman–Crippen LogP) is 7.13. The normalized spacial score (nSPS) is 40.5. The van der Waals surface area contributed by atoms with Gasteiger partial charge in [0, 0.05) is 10.8 Å². The summed E-state index contributed by atoms with van der Waals surface area (Å²) < 4.78 is 26.2. The Morgan fingerprint density at radius 3 is 2.09 bits per heavy atom. The molecule has 7 nitrogen and oxygen atoms in total. The van der Waals surface area contributed by atoms with Gasteiger partial charge in [0.25, 0.3) is 0 Å². The number of azide groups is 1. The molecule has 4 unspecified atom stereocenters. The quantitative estimate of drug-likeness (QED) is 0.159. The molecule has 2 fully saturated rings. The Kier molecular flexibility index (Phi) is 9.50. The summed E-state index contributed by atoms with van der Waals surface area (Å²) in [5.74, 6) is 1.65. The molecule has 0 spiro atoms. The van der Waals surface area contributed by atoms with E-state index in [9.17, 15) is 5.53 Å². The fraction of sp³-hybridized carbons (Fsp3) is 1.00. The van der Waals surface area contributed by atoms with Gasteiger partial charge in [0.2, 0.25) is 0 Å². The van der Waals surface area contributed by atoms with Crippen molar-refractivity contribution < 1.29 is 18.6 Å². The standard InChI is InChI=1S/C25H49N3O4Si/c1-13-20-22(31-23-17(6)15(4)16(5)19(8)29-23)18(7)21(27-28-26)24(30-20)32-33(11,12)25(9,10)14(2)3/h14-24H,13H2,1-12H3/t15-,16-,17?,18+,19?,20?,21?,22-,23-,24-/m0/s1. The summed E-state index contributed by atoms with van der Waals surface area (Å²) in [6.07, 6.45) is -0.323. The summed E-state index contributed by atoms with van der Waals surface area (Å²) in [4.78, 5) is 3.16. The Labute approximate surface area is 203 Å². The zero-order valence-corrected chi connectivity index (χ0v) is 24.0. The predicted molar refractivity (Wildman–Crippen MR) is 135 cm³/mol. The van der Waals surface area contributed by atoms with E-state index >= 15 is 0 Å². The van der Waals surface area contributed by atoms with E-state index in [0.29, 0.717) is 17.8 Å². The average molecular weight is 484 g/mol. The van der Waals surface area contributed by atoms with Crippen LogP contribution in [-0.4, -0.2) is 45.3 Å². The zero-order chi connectivity index (χ0) is 25.3. The van der Waals surface area contributed by atoms with Crippen molar-refractivity contribution in [3.8, 4) is 0 Å². The molecule has 0 N–H and O–H groups in total. The molecule has 2 rings (SSSR count). The van der Waals surface area contributed by atoms with Crippen LogP contribution in [0.3, 0.4) is 0 Å². The largest absolute Gasteiger partial charge is 0.392 e. The highest BCUT2D eigenvalue weighted by molar-refractivity contribution is 6.74. The fourth-order valence-electron chi connectivity index (χ4n) is 5.03. The number of hydrogen-bond donors (Lipinski definition) is 0. The van der Waals surface area contributed by atoms with Crippen LogP contribution >= 0.6 is 0 Å². The minimum atomic E-state index is -2.20. The molecule has 0 bridgehead atoms. The molecule has 2 aliphatic rings. The highest BCUT2D eigenvalue weighted by atomic mass is 28.4. The summed E-state index contributed by atoms with van der Waals surface area (Å²) in [7, 11) is -2.20. The summed E-state index contributed by atoms with van der Waals surface area (Å²) >= 11 is 0. The summed E-state index contributed by atoms with van der Waals surface area (Å²) in [6.45, 7) is 26.5. The van der Waals surface area contributed by atoms with Gasteiger partial charge in [0.15, 0.2) is 20.9 Å². The van der Waals surface area contributed by atoms with Crippen LogP contribution in [0.15, 0.2) is 5.11 Å². The monoisotopic (exact) mass is 483 g/mol. The maximum absolute atomic E-state index is 9.36. The molecule has 0 aliphatic carbocycles. The van der Waals surface area contributed by atoms with Crippen molar-refractivity contribution in [3.05, 3.63) is 10.4 Å². The van der Waals surface area contributed by atoms with E-state index in [4.69, 9.17) is 18.6 Å². The Hall–Kier alpha value is -0.633. The number of ether oxygens (including phenoxy) is 3. The van der Waals surface area contributed by atoms with Crippen molar-refractivity contribution in [1.29, 1.82) is 0 Å². The average Bonchev–Trinajstić information content (AvgIpc) is 2.74. The summed E-state index contributed by atoms with van der Waals surface area (Å²) in [5, 5.41) is 4.19. The lowest BCUT2D eigenvalue weighted by Crippen LogP contribution is -2.59. The van der Waals surface area contributed by atoms with E-state index in [1.165, 1.54) is 0 Å². The molecule has 33 heavy (non-hydrogen) atoms. The molecule has 2 saturated heterocycles. The van der Waals surface area contributed by atoms with Crippen LogP contribution in [0.25, 0.3) is 10.4 Å². The fourth-order valence-corrected chi connectivity index (χ4v) is 7.50. The van der Waals surface area contributed by atoms with Crippen LogP contribution in [0.2, 0.25) is 18.1 Å². The molecule has 0 aromatic carbocycles. The van der Waals surface area contributed by atoms with E-state index < -0.39 is 20.6 Å². The lowest BCUT2D eigenvalue weighted by Gasteiger charge is -2.51. The first-order valence-corrected chi connectivity index (χ1v) is 15.8. The SMILES string of the molecule is CCC1O[C@@H](O[Si](C)(C)C(C)(C)C(C)C)C(N=[N+]=[N-])[C@@H](C)[C@@H]1O[C@@H]1OC(C)[C@@H](C)[C@H](C)C1C. The lowest BCUT2D eigenvalue weighted by atomic mass is 9.79. The van der Waals surface area contributed by atoms with Crippen LogP contribution in [0.1, 0.15) is 75.7 Å². The van der Waals surface area contributed by atoms with E-state index in [2.05, 4.69) is 92.4 Å². The van der Waals surface area contributed by atoms with Gasteiger partial charge in [-0.2, -0.15) is 0 Å². The minimum Gasteiger partial charge on any atom is -0.392 e. The molecule has 0 aromatic rings. The van der Waals surface area contributed by atoms with Gasteiger partial charge in [0.1, 0.15) is 0 Å². The maximum atomic E-state index is 9.36. The Balaban J connectivity index is 2.28. The highest BCUT2D eigenvalue weighted by Crippen LogP contribution is 2.47. The van der Waals surface area contributed by atoms with Crippen molar-refractivity contribution in [2.75, 3.05) is 0 Å². The molecule has 10 atom stereocenters. The van der Waals surface area contributed by atoms with Gasteiger partial charge in [-0.15, -0.1) is 0 Å². The van der Waals surface area contributed by atoms with Crippen LogP contribution in [0.4, 0.5) is 0 Å². The second kappa shape index (κ2) is 11.0. The molecule has 192 valence electrons. The first-order chi connectivity index (χ1) is 15.2. The molecule has 0 saturated carbocycles. The van der Waals surface area contributed by atoms with Gasteiger partial charge in [0.05, 0.1) is 24.4 Å². The van der Waals surface area contributed by atoms with E-state index in [-0.39, 0.29) is 41.5 Å². The van der Waals surface area contributed by atoms with Crippen molar-refractivity contribution >= 4 is 8.32 Å².